The molecule has 1 fully saturated rings. The summed E-state index contributed by atoms with van der Waals surface area (Å²) in [5.41, 5.74) is 6.10. The standard InChI is InChI=1S/C25H28N4O3S/c1-15-8-9-18(24(31)32)14-21(15)29-16(2)13-19(17(29)3)23-22(20-7-4-5-10-26-20)27-25(33)28(23)11-6-12-30/h4-5,7-10,13-14,22-23,30H,6,11-12H2,1-3H3,(H,27,33)(H,31,32)/t22-,23+/m0/s1. The molecule has 0 aliphatic carbocycles. The Balaban J connectivity index is 1.85. The van der Waals surface area contributed by atoms with E-state index in [0.717, 1.165) is 33.9 Å². The molecule has 0 saturated carbocycles. The summed E-state index contributed by atoms with van der Waals surface area (Å²) in [6.45, 7) is 6.76. The summed E-state index contributed by atoms with van der Waals surface area (Å²) in [4.78, 5) is 18.3. The first-order chi connectivity index (χ1) is 15.8. The number of pyridine rings is 1. The number of aliphatic hydroxyl groups excluding tert-OH is 1. The number of hydrogen-bond acceptors (Lipinski definition) is 4. The molecule has 33 heavy (non-hydrogen) atoms. The SMILES string of the molecule is Cc1ccc(C(=O)O)cc1-n1c(C)cc([C@@H]2[C@H](c3ccccn3)NC(=S)N2CCCO)c1C. The zero-order valence-electron chi connectivity index (χ0n) is 18.9. The van der Waals surface area contributed by atoms with Gasteiger partial charge >= 0.3 is 5.97 Å². The van der Waals surface area contributed by atoms with Gasteiger partial charge in [-0.15, -0.1) is 0 Å². The summed E-state index contributed by atoms with van der Waals surface area (Å²) in [6, 6.07) is 12.9. The third-order valence-corrected chi connectivity index (χ3v) is 6.59. The number of carbonyl (C=O) groups is 1. The zero-order valence-corrected chi connectivity index (χ0v) is 19.8. The van der Waals surface area contributed by atoms with Gasteiger partial charge in [-0.2, -0.15) is 0 Å². The molecule has 1 aromatic carbocycles. The molecule has 0 bridgehead atoms. The Kier molecular flexibility index (Phi) is 6.49. The number of carboxylic acids is 1. The maximum atomic E-state index is 11.6. The van der Waals surface area contributed by atoms with E-state index in [1.165, 1.54) is 0 Å². The minimum absolute atomic E-state index is 0.0836. The van der Waals surface area contributed by atoms with Gasteiger partial charge in [-0.05, 0) is 80.9 Å². The molecular weight excluding hydrogens is 436 g/mol. The van der Waals surface area contributed by atoms with Crippen molar-refractivity contribution < 1.29 is 15.0 Å². The smallest absolute Gasteiger partial charge is 0.335 e. The van der Waals surface area contributed by atoms with E-state index in [9.17, 15) is 15.0 Å². The Morgan fingerprint density at radius 3 is 2.64 bits per heavy atom. The molecule has 3 aromatic rings. The first-order valence-electron chi connectivity index (χ1n) is 11.0. The van der Waals surface area contributed by atoms with Crippen molar-refractivity contribution in [2.45, 2.75) is 39.3 Å². The van der Waals surface area contributed by atoms with Crippen LogP contribution in [0.4, 0.5) is 0 Å². The van der Waals surface area contributed by atoms with Crippen LogP contribution in [0.2, 0.25) is 0 Å². The quantitative estimate of drug-likeness (QED) is 0.458. The van der Waals surface area contributed by atoms with E-state index in [2.05, 4.69) is 32.8 Å². The third-order valence-electron chi connectivity index (χ3n) is 6.24. The minimum atomic E-state index is -0.949. The number of aromatic nitrogens is 2. The van der Waals surface area contributed by atoms with E-state index < -0.39 is 5.97 Å². The van der Waals surface area contributed by atoms with Crippen LogP contribution < -0.4 is 5.32 Å². The Labute approximate surface area is 198 Å². The normalized spacial score (nSPS) is 17.9. The lowest BCUT2D eigenvalue weighted by Gasteiger charge is -2.28. The lowest BCUT2D eigenvalue weighted by Crippen LogP contribution is -2.31. The monoisotopic (exact) mass is 464 g/mol. The first kappa shape index (κ1) is 22.9. The molecule has 2 aromatic heterocycles. The average Bonchev–Trinajstić information content (AvgIpc) is 3.28. The number of aryl methyl sites for hydroxylation is 2. The Hall–Kier alpha value is -3.23. The molecule has 172 valence electrons. The van der Waals surface area contributed by atoms with Crippen molar-refractivity contribution >= 4 is 23.3 Å². The molecule has 4 rings (SSSR count). The van der Waals surface area contributed by atoms with Crippen molar-refractivity contribution in [1.82, 2.24) is 19.8 Å². The van der Waals surface area contributed by atoms with Crippen LogP contribution in [0.1, 0.15) is 57.1 Å². The van der Waals surface area contributed by atoms with E-state index in [0.29, 0.717) is 18.1 Å². The Morgan fingerprint density at radius 1 is 1.18 bits per heavy atom. The van der Waals surface area contributed by atoms with Crippen molar-refractivity contribution in [2.75, 3.05) is 13.2 Å². The highest BCUT2D eigenvalue weighted by Crippen LogP contribution is 2.41. The zero-order chi connectivity index (χ0) is 23.7. The molecule has 3 N–H and O–H groups in total. The maximum absolute atomic E-state index is 11.6. The van der Waals surface area contributed by atoms with E-state index in [-0.39, 0.29) is 24.3 Å². The summed E-state index contributed by atoms with van der Waals surface area (Å²) in [6.07, 6.45) is 2.38. The fraction of sp³-hybridized carbons (Fsp3) is 0.320. The fourth-order valence-corrected chi connectivity index (χ4v) is 5.00. The summed E-state index contributed by atoms with van der Waals surface area (Å²) < 4.78 is 2.11. The lowest BCUT2D eigenvalue weighted by molar-refractivity contribution is 0.0697. The van der Waals surface area contributed by atoms with Crippen molar-refractivity contribution in [3.63, 3.8) is 0 Å². The molecule has 0 amide bonds. The Morgan fingerprint density at radius 2 is 1.97 bits per heavy atom. The van der Waals surface area contributed by atoms with Gasteiger partial charge in [-0.3, -0.25) is 4.98 Å². The molecule has 2 atom stereocenters. The highest BCUT2D eigenvalue weighted by atomic mass is 32.1. The van der Waals surface area contributed by atoms with Gasteiger partial charge in [0.1, 0.15) is 0 Å². The maximum Gasteiger partial charge on any atom is 0.335 e. The van der Waals surface area contributed by atoms with Gasteiger partial charge < -0.3 is 25.0 Å². The number of carboxylic acid groups (broad SMARTS) is 1. The number of nitrogens with one attached hydrogen (secondary N) is 1. The summed E-state index contributed by atoms with van der Waals surface area (Å²) in [7, 11) is 0. The van der Waals surface area contributed by atoms with Crippen molar-refractivity contribution in [1.29, 1.82) is 0 Å². The number of thiocarbonyl (C=S) groups is 1. The van der Waals surface area contributed by atoms with Gasteiger partial charge in [0.25, 0.3) is 0 Å². The number of rotatable bonds is 7. The lowest BCUT2D eigenvalue weighted by atomic mass is 9.96. The van der Waals surface area contributed by atoms with Crippen LogP contribution in [0.3, 0.4) is 0 Å². The summed E-state index contributed by atoms with van der Waals surface area (Å²) in [5.74, 6) is -0.949. The van der Waals surface area contributed by atoms with Gasteiger partial charge in [0.2, 0.25) is 0 Å². The number of aliphatic hydroxyl groups is 1. The predicted octanol–water partition coefficient (Wildman–Crippen LogP) is 3.85. The van der Waals surface area contributed by atoms with E-state index in [1.54, 1.807) is 18.3 Å². The van der Waals surface area contributed by atoms with Crippen LogP contribution in [0.25, 0.3) is 5.69 Å². The number of hydrogen-bond donors (Lipinski definition) is 3. The van der Waals surface area contributed by atoms with Gasteiger partial charge in [0, 0.05) is 36.4 Å². The highest BCUT2D eigenvalue weighted by Gasteiger charge is 2.41. The molecule has 0 unspecified atom stereocenters. The van der Waals surface area contributed by atoms with Crippen LogP contribution in [-0.4, -0.2) is 48.9 Å². The molecule has 3 heterocycles. The summed E-state index contributed by atoms with van der Waals surface area (Å²) in [5, 5.41) is 23.0. The molecule has 1 aliphatic rings. The second kappa shape index (κ2) is 9.33. The average molecular weight is 465 g/mol. The highest BCUT2D eigenvalue weighted by molar-refractivity contribution is 7.80. The van der Waals surface area contributed by atoms with Crippen LogP contribution in [0.5, 0.6) is 0 Å². The largest absolute Gasteiger partial charge is 0.478 e. The minimum Gasteiger partial charge on any atom is -0.478 e. The molecular formula is C25H28N4O3S. The second-order valence-electron chi connectivity index (χ2n) is 8.37. The van der Waals surface area contributed by atoms with Crippen molar-refractivity contribution in [2.24, 2.45) is 0 Å². The van der Waals surface area contributed by atoms with Crippen LogP contribution in [0.15, 0.2) is 48.7 Å². The molecule has 8 heteroatoms. The van der Waals surface area contributed by atoms with Gasteiger partial charge in [0.05, 0.1) is 23.3 Å². The number of benzene rings is 1. The predicted molar refractivity (Wildman–Crippen MR) is 131 cm³/mol. The topological polar surface area (TPSA) is 90.6 Å². The van der Waals surface area contributed by atoms with Crippen molar-refractivity contribution in [3.05, 3.63) is 82.4 Å². The van der Waals surface area contributed by atoms with Crippen LogP contribution in [0, 0.1) is 20.8 Å². The summed E-state index contributed by atoms with van der Waals surface area (Å²) >= 11 is 5.68. The van der Waals surface area contributed by atoms with E-state index >= 15 is 0 Å². The van der Waals surface area contributed by atoms with Crippen LogP contribution >= 0.6 is 12.2 Å². The van der Waals surface area contributed by atoms with E-state index in [4.69, 9.17) is 12.2 Å². The van der Waals surface area contributed by atoms with Gasteiger partial charge in [0.15, 0.2) is 5.11 Å². The molecule has 1 saturated heterocycles. The van der Waals surface area contributed by atoms with Gasteiger partial charge in [-0.1, -0.05) is 12.1 Å². The fourth-order valence-electron chi connectivity index (χ4n) is 4.67. The van der Waals surface area contributed by atoms with Gasteiger partial charge in [-0.25, -0.2) is 4.79 Å². The molecule has 7 nitrogen and oxygen atoms in total. The number of aromatic carboxylic acids is 1. The Bertz CT molecular complexity index is 1190. The van der Waals surface area contributed by atoms with Crippen molar-refractivity contribution in [3.8, 4) is 5.69 Å². The first-order valence-corrected chi connectivity index (χ1v) is 11.4. The van der Waals surface area contributed by atoms with Crippen LogP contribution in [-0.2, 0) is 0 Å². The number of nitrogens with zero attached hydrogens (tertiary/aromatic N) is 3. The molecule has 1 aliphatic heterocycles. The third kappa shape index (κ3) is 4.24. The molecule has 0 radical (unpaired) electrons. The molecule has 0 spiro atoms. The second-order valence-corrected chi connectivity index (χ2v) is 8.75. The van der Waals surface area contributed by atoms with E-state index in [1.807, 2.05) is 38.1 Å².